The lowest BCUT2D eigenvalue weighted by atomic mass is 9.91. The van der Waals surface area contributed by atoms with E-state index >= 15 is 0 Å². The van der Waals surface area contributed by atoms with Gasteiger partial charge in [-0.1, -0.05) is 24.6 Å². The molecule has 1 saturated heterocycles. The van der Waals surface area contributed by atoms with Crippen molar-refractivity contribution >= 4 is 11.6 Å². The lowest BCUT2D eigenvalue weighted by Gasteiger charge is -2.46. The highest BCUT2D eigenvalue weighted by Gasteiger charge is 2.41. The van der Waals surface area contributed by atoms with E-state index in [9.17, 15) is 4.39 Å². The number of halogens is 2. The fraction of sp³-hybridized carbons (Fsp3) is 0.647. The van der Waals surface area contributed by atoms with Gasteiger partial charge < -0.3 is 5.32 Å². The molecule has 1 saturated carbocycles. The average Bonchev–Trinajstić information content (AvgIpc) is 3.28. The first kappa shape index (κ1) is 15.3. The Bertz CT molecular complexity index is 518. The maximum absolute atomic E-state index is 13.3. The van der Waals surface area contributed by atoms with E-state index in [1.165, 1.54) is 18.9 Å². The zero-order chi connectivity index (χ0) is 15.0. The van der Waals surface area contributed by atoms with Crippen molar-refractivity contribution in [2.45, 2.75) is 51.2 Å². The first-order valence-electron chi connectivity index (χ1n) is 7.94. The lowest BCUT2D eigenvalue weighted by Crippen LogP contribution is -2.62. The molecule has 0 amide bonds. The summed E-state index contributed by atoms with van der Waals surface area (Å²) in [5.41, 5.74) is 1.28. The van der Waals surface area contributed by atoms with Gasteiger partial charge in [0.2, 0.25) is 0 Å². The molecule has 1 N–H and O–H groups in total. The number of piperazine rings is 1. The van der Waals surface area contributed by atoms with Crippen LogP contribution >= 0.6 is 11.6 Å². The van der Waals surface area contributed by atoms with E-state index in [1.807, 2.05) is 6.07 Å². The van der Waals surface area contributed by atoms with Crippen LogP contribution in [0.25, 0.3) is 0 Å². The highest BCUT2D eigenvalue weighted by molar-refractivity contribution is 6.30. The summed E-state index contributed by atoms with van der Waals surface area (Å²) in [5.74, 6) is 0.493. The molecule has 1 heterocycles. The second kappa shape index (κ2) is 5.86. The summed E-state index contributed by atoms with van der Waals surface area (Å²) >= 11 is 5.92. The molecule has 3 rings (SSSR count). The van der Waals surface area contributed by atoms with Crippen LogP contribution in [0.15, 0.2) is 18.2 Å². The zero-order valence-electron chi connectivity index (χ0n) is 12.8. The fourth-order valence-electron chi connectivity index (χ4n) is 3.33. The number of nitrogens with one attached hydrogen (secondary N) is 1. The third-order valence-electron chi connectivity index (χ3n) is 5.08. The van der Waals surface area contributed by atoms with Crippen molar-refractivity contribution in [1.29, 1.82) is 0 Å². The van der Waals surface area contributed by atoms with E-state index in [0.717, 1.165) is 37.5 Å². The first-order valence-corrected chi connectivity index (χ1v) is 8.31. The van der Waals surface area contributed by atoms with Gasteiger partial charge in [0.25, 0.3) is 0 Å². The average molecular weight is 311 g/mol. The van der Waals surface area contributed by atoms with Crippen LogP contribution in [-0.4, -0.2) is 29.6 Å². The fourth-order valence-corrected chi connectivity index (χ4v) is 3.53. The van der Waals surface area contributed by atoms with Gasteiger partial charge >= 0.3 is 0 Å². The van der Waals surface area contributed by atoms with E-state index in [2.05, 4.69) is 24.1 Å². The molecule has 2 nitrogen and oxygen atoms in total. The summed E-state index contributed by atoms with van der Waals surface area (Å²) in [7, 11) is 0. The van der Waals surface area contributed by atoms with E-state index in [0.29, 0.717) is 6.04 Å². The van der Waals surface area contributed by atoms with Crippen molar-refractivity contribution in [2.75, 3.05) is 13.1 Å². The Labute approximate surface area is 131 Å². The quantitative estimate of drug-likeness (QED) is 0.909. The molecule has 2 atom stereocenters. The summed E-state index contributed by atoms with van der Waals surface area (Å²) in [4.78, 5) is 2.57. The van der Waals surface area contributed by atoms with Gasteiger partial charge in [-0.15, -0.1) is 0 Å². The van der Waals surface area contributed by atoms with Crippen molar-refractivity contribution < 1.29 is 4.39 Å². The molecule has 0 bridgehead atoms. The minimum absolute atomic E-state index is 0.176. The largest absolute Gasteiger partial charge is 0.309 e. The molecular weight excluding hydrogens is 287 g/mol. The number of nitrogens with zero attached hydrogens (tertiary/aromatic N) is 1. The maximum Gasteiger partial charge on any atom is 0.141 e. The van der Waals surface area contributed by atoms with Gasteiger partial charge in [0.05, 0.1) is 5.02 Å². The number of hydrogen-bond acceptors (Lipinski definition) is 2. The second-order valence-electron chi connectivity index (χ2n) is 6.85. The van der Waals surface area contributed by atoms with Crippen LogP contribution in [0.2, 0.25) is 5.02 Å². The Kier molecular flexibility index (Phi) is 4.26. The van der Waals surface area contributed by atoms with Crippen LogP contribution in [0.5, 0.6) is 0 Å². The van der Waals surface area contributed by atoms with Crippen LogP contribution in [0.4, 0.5) is 4.39 Å². The summed E-state index contributed by atoms with van der Waals surface area (Å²) in [6.07, 6.45) is 3.80. The van der Waals surface area contributed by atoms with Crippen molar-refractivity contribution in [1.82, 2.24) is 10.2 Å². The molecule has 2 aliphatic rings. The first-order chi connectivity index (χ1) is 10.0. The van der Waals surface area contributed by atoms with Gasteiger partial charge in [-0.05, 0) is 49.8 Å². The van der Waals surface area contributed by atoms with E-state index in [1.54, 1.807) is 6.07 Å². The molecule has 4 heteroatoms. The SMILES string of the molecule is CCC1(C)CN(Cc2ccc(F)c(Cl)c2)C(C2CC2)CN1. The van der Waals surface area contributed by atoms with Gasteiger partial charge in [0.15, 0.2) is 0 Å². The molecule has 0 radical (unpaired) electrons. The molecule has 2 fully saturated rings. The Morgan fingerprint density at radius 3 is 2.81 bits per heavy atom. The molecule has 1 aliphatic heterocycles. The molecule has 1 aromatic rings. The standard InChI is InChI=1S/C17H24ClFN2/c1-3-17(2)11-21(16(9-20-17)13-5-6-13)10-12-4-7-15(19)14(18)8-12/h4,7-8,13,16,20H,3,5-6,9-11H2,1-2H3. The highest BCUT2D eigenvalue weighted by atomic mass is 35.5. The normalized spacial score (nSPS) is 30.6. The Morgan fingerprint density at radius 2 is 2.19 bits per heavy atom. The van der Waals surface area contributed by atoms with Crippen LogP contribution < -0.4 is 5.32 Å². The monoisotopic (exact) mass is 310 g/mol. The molecule has 1 aliphatic carbocycles. The highest BCUT2D eigenvalue weighted by Crippen LogP contribution is 2.38. The van der Waals surface area contributed by atoms with Gasteiger partial charge in [-0.3, -0.25) is 4.90 Å². The Morgan fingerprint density at radius 1 is 1.43 bits per heavy atom. The van der Waals surface area contributed by atoms with Crippen LogP contribution in [0.3, 0.4) is 0 Å². The Balaban J connectivity index is 1.76. The lowest BCUT2D eigenvalue weighted by molar-refractivity contribution is 0.0662. The van der Waals surface area contributed by atoms with Gasteiger partial charge in [-0.2, -0.15) is 0 Å². The molecule has 0 aromatic heterocycles. The van der Waals surface area contributed by atoms with Crippen molar-refractivity contribution in [2.24, 2.45) is 5.92 Å². The summed E-state index contributed by atoms with van der Waals surface area (Å²) < 4.78 is 13.3. The molecule has 2 unspecified atom stereocenters. The maximum atomic E-state index is 13.3. The topological polar surface area (TPSA) is 15.3 Å². The predicted molar refractivity (Wildman–Crippen MR) is 85.0 cm³/mol. The van der Waals surface area contributed by atoms with Gasteiger partial charge in [-0.25, -0.2) is 4.39 Å². The third kappa shape index (κ3) is 3.41. The molecule has 116 valence electrons. The number of benzene rings is 1. The van der Waals surface area contributed by atoms with E-state index < -0.39 is 0 Å². The summed E-state index contributed by atoms with van der Waals surface area (Å²) in [6, 6.07) is 5.71. The van der Waals surface area contributed by atoms with Crippen LogP contribution in [0.1, 0.15) is 38.7 Å². The van der Waals surface area contributed by atoms with Gasteiger partial charge in [0, 0.05) is 31.2 Å². The minimum Gasteiger partial charge on any atom is -0.309 e. The molecular formula is C17H24ClFN2. The smallest absolute Gasteiger partial charge is 0.141 e. The van der Waals surface area contributed by atoms with Crippen molar-refractivity contribution in [3.05, 3.63) is 34.6 Å². The van der Waals surface area contributed by atoms with Crippen molar-refractivity contribution in [3.63, 3.8) is 0 Å². The summed E-state index contributed by atoms with van der Waals surface area (Å²) in [5, 5.41) is 3.95. The number of hydrogen-bond donors (Lipinski definition) is 1. The molecule has 0 spiro atoms. The second-order valence-corrected chi connectivity index (χ2v) is 7.26. The summed E-state index contributed by atoms with van der Waals surface area (Å²) in [6.45, 7) is 7.49. The third-order valence-corrected chi connectivity index (χ3v) is 5.36. The Hall–Kier alpha value is -0.640. The molecule has 1 aromatic carbocycles. The van der Waals surface area contributed by atoms with Crippen LogP contribution in [0, 0.1) is 11.7 Å². The number of rotatable bonds is 4. The van der Waals surface area contributed by atoms with Crippen LogP contribution in [-0.2, 0) is 6.54 Å². The zero-order valence-corrected chi connectivity index (χ0v) is 13.6. The minimum atomic E-state index is -0.335. The molecule has 21 heavy (non-hydrogen) atoms. The predicted octanol–water partition coefficient (Wildman–Crippen LogP) is 3.83. The van der Waals surface area contributed by atoms with Gasteiger partial charge in [0.1, 0.15) is 5.82 Å². The van der Waals surface area contributed by atoms with Crippen molar-refractivity contribution in [3.8, 4) is 0 Å². The van der Waals surface area contributed by atoms with E-state index in [-0.39, 0.29) is 16.4 Å². The van der Waals surface area contributed by atoms with E-state index in [4.69, 9.17) is 11.6 Å².